The maximum Gasteiger partial charge on any atom is 0.306 e. The minimum Gasteiger partial charge on any atom is -0.481 e. The molecular formula is C16H16FNO3S. The number of carboxylic acid groups (broad SMARTS) is 1. The van der Waals surface area contributed by atoms with Crippen molar-refractivity contribution in [3.63, 3.8) is 0 Å². The van der Waals surface area contributed by atoms with Crippen LogP contribution in [0.1, 0.15) is 25.5 Å². The average molecular weight is 321 g/mol. The summed E-state index contributed by atoms with van der Waals surface area (Å²) in [6.07, 6.45) is 0.543. The maximum absolute atomic E-state index is 13.2. The largest absolute Gasteiger partial charge is 0.481 e. The second kappa shape index (κ2) is 7.26. The Morgan fingerprint density at radius 2 is 2.18 bits per heavy atom. The number of Topliss-reactive ketones (excluding diaryl/α,β-unsaturated/α-hetero) is 1. The fraction of sp³-hybridized carbons (Fsp3) is 0.312. The first-order valence-corrected chi connectivity index (χ1v) is 7.82. The van der Waals surface area contributed by atoms with Gasteiger partial charge in [-0.3, -0.25) is 9.59 Å². The molecular weight excluding hydrogens is 305 g/mol. The second-order valence-electron chi connectivity index (χ2n) is 5.02. The fourth-order valence-electron chi connectivity index (χ4n) is 2.10. The van der Waals surface area contributed by atoms with E-state index in [9.17, 15) is 14.0 Å². The first kappa shape index (κ1) is 16.3. The Balaban J connectivity index is 2.03. The summed E-state index contributed by atoms with van der Waals surface area (Å²) in [4.78, 5) is 27.2. The standard InChI is InChI=1S/C16H16FNO3S/c1-2-10(16(20)21)7-14(19)8-13-9-22-15(18-13)11-4-3-5-12(17)6-11/h3-6,9-10H,2,7-8H2,1H3,(H,20,21). The summed E-state index contributed by atoms with van der Waals surface area (Å²) in [6, 6.07) is 6.11. The molecule has 0 aliphatic rings. The van der Waals surface area contributed by atoms with Crippen molar-refractivity contribution in [3.8, 4) is 10.6 Å². The van der Waals surface area contributed by atoms with Gasteiger partial charge in [-0.1, -0.05) is 19.1 Å². The van der Waals surface area contributed by atoms with Crippen LogP contribution in [0.4, 0.5) is 4.39 Å². The topological polar surface area (TPSA) is 67.3 Å². The minimum absolute atomic E-state index is 0.0126. The van der Waals surface area contributed by atoms with E-state index >= 15 is 0 Å². The second-order valence-corrected chi connectivity index (χ2v) is 5.88. The number of aliphatic carboxylic acids is 1. The predicted octanol–water partition coefficient (Wildman–Crippen LogP) is 3.56. The van der Waals surface area contributed by atoms with Crippen molar-refractivity contribution in [2.24, 2.45) is 5.92 Å². The highest BCUT2D eigenvalue weighted by atomic mass is 32.1. The Kier molecular flexibility index (Phi) is 5.38. The molecule has 0 amide bonds. The Bertz CT molecular complexity index is 684. The molecule has 1 aromatic carbocycles. The first-order chi connectivity index (χ1) is 10.5. The number of thiazole rings is 1. The van der Waals surface area contributed by atoms with Gasteiger partial charge < -0.3 is 5.11 Å². The van der Waals surface area contributed by atoms with Crippen molar-refractivity contribution < 1.29 is 19.1 Å². The van der Waals surface area contributed by atoms with E-state index in [2.05, 4.69) is 4.98 Å². The summed E-state index contributed by atoms with van der Waals surface area (Å²) >= 11 is 1.34. The zero-order chi connectivity index (χ0) is 16.1. The van der Waals surface area contributed by atoms with Crippen LogP contribution in [0.2, 0.25) is 0 Å². The molecule has 4 nitrogen and oxygen atoms in total. The van der Waals surface area contributed by atoms with E-state index in [0.717, 1.165) is 0 Å². The predicted molar refractivity (Wildman–Crippen MR) is 82.3 cm³/mol. The monoisotopic (exact) mass is 321 g/mol. The third kappa shape index (κ3) is 4.21. The molecule has 0 radical (unpaired) electrons. The smallest absolute Gasteiger partial charge is 0.306 e. The van der Waals surface area contributed by atoms with Crippen molar-refractivity contribution in [1.82, 2.24) is 4.98 Å². The molecule has 0 fully saturated rings. The summed E-state index contributed by atoms with van der Waals surface area (Å²) in [5, 5.41) is 11.4. The number of benzene rings is 1. The van der Waals surface area contributed by atoms with Gasteiger partial charge in [-0.15, -0.1) is 11.3 Å². The van der Waals surface area contributed by atoms with E-state index in [0.29, 0.717) is 22.7 Å². The van der Waals surface area contributed by atoms with E-state index in [1.807, 2.05) is 0 Å². The van der Waals surface area contributed by atoms with E-state index in [1.165, 1.54) is 23.5 Å². The number of rotatable bonds is 7. The van der Waals surface area contributed by atoms with Crippen LogP contribution in [0, 0.1) is 11.7 Å². The Morgan fingerprint density at radius 1 is 1.41 bits per heavy atom. The van der Waals surface area contributed by atoms with Gasteiger partial charge in [-0.25, -0.2) is 9.37 Å². The quantitative estimate of drug-likeness (QED) is 0.846. The van der Waals surface area contributed by atoms with Gasteiger partial charge in [-0.05, 0) is 18.6 Å². The highest BCUT2D eigenvalue weighted by Gasteiger charge is 2.20. The van der Waals surface area contributed by atoms with Crippen LogP contribution < -0.4 is 0 Å². The Hall–Kier alpha value is -2.08. The number of hydrogen-bond acceptors (Lipinski definition) is 4. The maximum atomic E-state index is 13.2. The number of ketones is 1. The van der Waals surface area contributed by atoms with Crippen molar-refractivity contribution >= 4 is 23.1 Å². The number of carbonyl (C=O) groups is 2. The van der Waals surface area contributed by atoms with E-state index in [1.54, 1.807) is 24.4 Å². The van der Waals surface area contributed by atoms with Crippen LogP contribution in [-0.2, 0) is 16.0 Å². The lowest BCUT2D eigenvalue weighted by atomic mass is 9.98. The third-order valence-corrected chi connectivity index (χ3v) is 4.26. The van der Waals surface area contributed by atoms with Gasteiger partial charge in [0.2, 0.25) is 0 Å². The number of carbonyl (C=O) groups excluding carboxylic acids is 1. The minimum atomic E-state index is -0.949. The summed E-state index contributed by atoms with van der Waals surface area (Å²) < 4.78 is 13.2. The van der Waals surface area contributed by atoms with Gasteiger partial charge in [0.05, 0.1) is 11.6 Å². The van der Waals surface area contributed by atoms with Gasteiger partial charge in [0.15, 0.2) is 0 Å². The van der Waals surface area contributed by atoms with Crippen molar-refractivity contribution in [3.05, 3.63) is 41.2 Å². The highest BCUT2D eigenvalue weighted by molar-refractivity contribution is 7.13. The first-order valence-electron chi connectivity index (χ1n) is 6.94. The molecule has 6 heteroatoms. The number of nitrogens with zero attached hydrogens (tertiary/aromatic N) is 1. The Morgan fingerprint density at radius 3 is 2.82 bits per heavy atom. The lowest BCUT2D eigenvalue weighted by molar-refractivity contribution is -0.143. The summed E-state index contributed by atoms with van der Waals surface area (Å²) in [5.41, 5.74) is 1.26. The molecule has 0 spiro atoms. The molecule has 1 aromatic heterocycles. The Labute approximate surface area is 131 Å². The lowest BCUT2D eigenvalue weighted by Gasteiger charge is -2.07. The summed E-state index contributed by atoms with van der Waals surface area (Å²) in [7, 11) is 0. The van der Waals surface area contributed by atoms with Gasteiger partial charge in [0.1, 0.15) is 16.6 Å². The molecule has 1 heterocycles. The van der Waals surface area contributed by atoms with Crippen LogP contribution >= 0.6 is 11.3 Å². The summed E-state index contributed by atoms with van der Waals surface area (Å²) in [5.74, 6) is -2.08. The molecule has 0 bridgehead atoms. The van der Waals surface area contributed by atoms with Gasteiger partial charge in [0, 0.05) is 23.8 Å². The summed E-state index contributed by atoms with van der Waals surface area (Å²) in [6.45, 7) is 1.75. The molecule has 2 aromatic rings. The molecule has 0 saturated carbocycles. The van der Waals surface area contributed by atoms with Crippen molar-refractivity contribution in [2.75, 3.05) is 0 Å². The number of hydrogen-bond donors (Lipinski definition) is 1. The van der Waals surface area contributed by atoms with Crippen molar-refractivity contribution in [2.45, 2.75) is 26.2 Å². The lowest BCUT2D eigenvalue weighted by Crippen LogP contribution is -2.18. The van der Waals surface area contributed by atoms with Crippen LogP contribution in [0.5, 0.6) is 0 Å². The number of carboxylic acids is 1. The molecule has 22 heavy (non-hydrogen) atoms. The SMILES string of the molecule is CCC(CC(=O)Cc1csc(-c2cccc(F)c2)n1)C(=O)O. The van der Waals surface area contributed by atoms with Gasteiger partial charge in [-0.2, -0.15) is 0 Å². The molecule has 2 rings (SSSR count). The molecule has 1 N–H and O–H groups in total. The van der Waals surface area contributed by atoms with E-state index in [-0.39, 0.29) is 24.4 Å². The van der Waals surface area contributed by atoms with Crippen LogP contribution in [0.25, 0.3) is 10.6 Å². The van der Waals surface area contributed by atoms with E-state index < -0.39 is 11.9 Å². The van der Waals surface area contributed by atoms with Crippen LogP contribution in [0.3, 0.4) is 0 Å². The zero-order valence-electron chi connectivity index (χ0n) is 12.1. The van der Waals surface area contributed by atoms with Crippen LogP contribution in [0.15, 0.2) is 29.6 Å². The molecule has 116 valence electrons. The number of halogens is 1. The molecule has 0 aliphatic carbocycles. The highest BCUT2D eigenvalue weighted by Crippen LogP contribution is 2.24. The molecule has 0 saturated heterocycles. The fourth-order valence-corrected chi connectivity index (χ4v) is 2.91. The number of aromatic nitrogens is 1. The van der Waals surface area contributed by atoms with Gasteiger partial charge in [0.25, 0.3) is 0 Å². The molecule has 0 aliphatic heterocycles. The normalized spacial score (nSPS) is 12.1. The molecule has 1 atom stereocenters. The van der Waals surface area contributed by atoms with Gasteiger partial charge >= 0.3 is 5.97 Å². The van der Waals surface area contributed by atoms with E-state index in [4.69, 9.17) is 5.11 Å². The zero-order valence-corrected chi connectivity index (χ0v) is 12.9. The van der Waals surface area contributed by atoms with Crippen LogP contribution in [-0.4, -0.2) is 21.8 Å². The average Bonchev–Trinajstić information content (AvgIpc) is 2.93. The van der Waals surface area contributed by atoms with Crippen molar-refractivity contribution in [1.29, 1.82) is 0 Å². The third-order valence-electron chi connectivity index (χ3n) is 3.32. The molecule has 1 unspecified atom stereocenters.